The highest BCUT2D eigenvalue weighted by molar-refractivity contribution is 7.66. The molecule has 0 radical (unpaired) electrons. The molecule has 0 N–H and O–H groups in total. The van der Waals surface area contributed by atoms with Gasteiger partial charge in [0.1, 0.15) is 0 Å². The SMILES string of the molecule is CCCP(c1ccccc1)C(F)(F)F. The number of halogens is 3. The predicted molar refractivity (Wildman–Crippen MR) is 54.2 cm³/mol. The molecule has 1 aromatic rings. The molecule has 0 fully saturated rings. The van der Waals surface area contributed by atoms with Crippen LogP contribution in [0.1, 0.15) is 13.3 Å². The summed E-state index contributed by atoms with van der Waals surface area (Å²) in [7, 11) is -2.00. The summed E-state index contributed by atoms with van der Waals surface area (Å²) in [6, 6.07) is 8.18. The Kier molecular flexibility index (Phi) is 3.94. The molecule has 0 aliphatic rings. The topological polar surface area (TPSA) is 0 Å². The number of hydrogen-bond acceptors (Lipinski definition) is 0. The van der Waals surface area contributed by atoms with E-state index in [0.717, 1.165) is 0 Å². The standard InChI is InChI=1S/C10H12F3P/c1-2-8-14(10(11,12)13)9-6-4-3-5-7-9/h3-7H,2,8H2,1H3. The second-order valence-electron chi connectivity index (χ2n) is 2.96. The summed E-state index contributed by atoms with van der Waals surface area (Å²) >= 11 is 0. The minimum atomic E-state index is -4.06. The van der Waals surface area contributed by atoms with Gasteiger partial charge >= 0.3 is 5.92 Å². The van der Waals surface area contributed by atoms with Gasteiger partial charge in [-0.25, -0.2) is 0 Å². The second-order valence-corrected chi connectivity index (χ2v) is 5.28. The molecule has 0 aromatic heterocycles. The van der Waals surface area contributed by atoms with E-state index in [1.165, 1.54) is 0 Å². The summed E-state index contributed by atoms with van der Waals surface area (Å²) in [6.45, 7) is 1.78. The molecule has 1 atom stereocenters. The van der Waals surface area contributed by atoms with Crippen molar-refractivity contribution in [1.29, 1.82) is 0 Å². The van der Waals surface area contributed by atoms with Gasteiger partial charge in [-0.3, -0.25) is 0 Å². The van der Waals surface area contributed by atoms with Crippen molar-refractivity contribution in [3.8, 4) is 0 Å². The van der Waals surface area contributed by atoms with Crippen molar-refractivity contribution in [2.75, 3.05) is 6.16 Å². The maximum Gasteiger partial charge on any atom is 0.409 e. The molecule has 0 nitrogen and oxygen atoms in total. The lowest BCUT2D eigenvalue weighted by Crippen LogP contribution is -2.16. The lowest BCUT2D eigenvalue weighted by Gasteiger charge is -2.20. The first-order chi connectivity index (χ1) is 6.55. The molecule has 0 bridgehead atoms. The minimum Gasteiger partial charge on any atom is -0.167 e. The molecule has 78 valence electrons. The fourth-order valence-electron chi connectivity index (χ4n) is 1.23. The highest BCUT2D eigenvalue weighted by Gasteiger charge is 2.39. The van der Waals surface area contributed by atoms with Gasteiger partial charge in [0, 0.05) is 7.92 Å². The van der Waals surface area contributed by atoms with E-state index >= 15 is 0 Å². The summed E-state index contributed by atoms with van der Waals surface area (Å²) in [5, 5.41) is 0.428. The van der Waals surface area contributed by atoms with Crippen LogP contribution >= 0.6 is 7.92 Å². The van der Waals surface area contributed by atoms with Gasteiger partial charge in [-0.2, -0.15) is 13.2 Å². The zero-order chi connectivity index (χ0) is 10.6. The Morgan fingerprint density at radius 2 is 1.71 bits per heavy atom. The van der Waals surface area contributed by atoms with Gasteiger partial charge < -0.3 is 0 Å². The highest BCUT2D eigenvalue weighted by Crippen LogP contribution is 2.52. The maximum absolute atomic E-state index is 12.6. The van der Waals surface area contributed by atoms with Crippen LogP contribution in [0.3, 0.4) is 0 Å². The van der Waals surface area contributed by atoms with E-state index in [4.69, 9.17) is 0 Å². The van der Waals surface area contributed by atoms with Crippen molar-refractivity contribution < 1.29 is 13.2 Å². The molecule has 1 aromatic carbocycles. The van der Waals surface area contributed by atoms with E-state index in [-0.39, 0.29) is 6.16 Å². The second kappa shape index (κ2) is 4.79. The first-order valence-electron chi connectivity index (χ1n) is 4.45. The zero-order valence-corrected chi connectivity index (χ0v) is 8.78. The van der Waals surface area contributed by atoms with Gasteiger partial charge in [0.15, 0.2) is 0 Å². The van der Waals surface area contributed by atoms with Crippen LogP contribution < -0.4 is 5.30 Å². The van der Waals surface area contributed by atoms with Crippen molar-refractivity contribution in [2.45, 2.75) is 19.3 Å². The molecular weight excluding hydrogens is 208 g/mol. The van der Waals surface area contributed by atoms with Gasteiger partial charge in [0.05, 0.1) is 0 Å². The average molecular weight is 220 g/mol. The van der Waals surface area contributed by atoms with Crippen molar-refractivity contribution in [3.63, 3.8) is 0 Å². The van der Waals surface area contributed by atoms with E-state index in [2.05, 4.69) is 0 Å². The van der Waals surface area contributed by atoms with Crippen LogP contribution in [0.2, 0.25) is 0 Å². The number of hydrogen-bond donors (Lipinski definition) is 0. The Balaban J connectivity index is 2.89. The van der Waals surface area contributed by atoms with Gasteiger partial charge in [-0.1, -0.05) is 43.7 Å². The first kappa shape index (κ1) is 11.5. The maximum atomic E-state index is 12.6. The van der Waals surface area contributed by atoms with Crippen molar-refractivity contribution in [1.82, 2.24) is 0 Å². The summed E-state index contributed by atoms with van der Waals surface area (Å²) in [6.07, 6.45) is 0.795. The number of benzene rings is 1. The molecule has 1 rings (SSSR count). The van der Waals surface area contributed by atoms with Crippen molar-refractivity contribution in [3.05, 3.63) is 30.3 Å². The number of rotatable bonds is 3. The Hall–Kier alpha value is -0.560. The molecule has 1 unspecified atom stereocenters. The smallest absolute Gasteiger partial charge is 0.167 e. The van der Waals surface area contributed by atoms with Crippen LogP contribution in [0.5, 0.6) is 0 Å². The van der Waals surface area contributed by atoms with E-state index in [0.29, 0.717) is 11.7 Å². The van der Waals surface area contributed by atoms with Crippen LogP contribution in [0.4, 0.5) is 13.2 Å². The summed E-state index contributed by atoms with van der Waals surface area (Å²) in [5.74, 6) is -4.06. The average Bonchev–Trinajstić information content (AvgIpc) is 2.14. The van der Waals surface area contributed by atoms with Crippen molar-refractivity contribution >= 4 is 13.2 Å². The fraction of sp³-hybridized carbons (Fsp3) is 0.400. The van der Waals surface area contributed by atoms with E-state index in [1.807, 2.05) is 0 Å². The van der Waals surface area contributed by atoms with E-state index in [1.54, 1.807) is 37.3 Å². The minimum absolute atomic E-state index is 0.225. The van der Waals surface area contributed by atoms with E-state index in [9.17, 15) is 13.2 Å². The Morgan fingerprint density at radius 3 is 2.14 bits per heavy atom. The van der Waals surface area contributed by atoms with Crippen molar-refractivity contribution in [2.24, 2.45) is 0 Å². The van der Waals surface area contributed by atoms with Gasteiger partial charge in [0.2, 0.25) is 0 Å². The Morgan fingerprint density at radius 1 is 1.14 bits per heavy atom. The molecule has 0 aliphatic carbocycles. The molecule has 0 amide bonds. The van der Waals surface area contributed by atoms with Crippen LogP contribution in [-0.2, 0) is 0 Å². The predicted octanol–water partition coefficient (Wildman–Crippen LogP) is 3.72. The summed E-state index contributed by atoms with van der Waals surface area (Å²) < 4.78 is 37.9. The normalized spacial score (nSPS) is 14.0. The lowest BCUT2D eigenvalue weighted by molar-refractivity contribution is -0.0391. The lowest BCUT2D eigenvalue weighted by atomic mass is 10.4. The van der Waals surface area contributed by atoms with Gasteiger partial charge in [-0.15, -0.1) is 0 Å². The first-order valence-corrected chi connectivity index (χ1v) is 5.98. The number of alkyl halides is 3. The molecule has 14 heavy (non-hydrogen) atoms. The third-order valence-corrected chi connectivity index (χ3v) is 4.25. The quantitative estimate of drug-likeness (QED) is 0.681. The summed E-state index contributed by atoms with van der Waals surface area (Å²) in [5.41, 5.74) is 0. The third kappa shape index (κ3) is 2.98. The Labute approximate surface area is 82.9 Å². The monoisotopic (exact) mass is 220 g/mol. The summed E-state index contributed by atoms with van der Waals surface area (Å²) in [4.78, 5) is 0. The molecule has 0 heterocycles. The molecule has 0 saturated heterocycles. The fourth-order valence-corrected chi connectivity index (χ4v) is 3.02. The largest absolute Gasteiger partial charge is 0.409 e. The molecule has 4 heteroatoms. The van der Waals surface area contributed by atoms with Crippen LogP contribution in [0.15, 0.2) is 30.3 Å². The molecule has 0 saturated carbocycles. The van der Waals surface area contributed by atoms with Crippen LogP contribution in [0, 0.1) is 0 Å². The Bertz CT molecular complexity index is 268. The van der Waals surface area contributed by atoms with Crippen LogP contribution in [-0.4, -0.2) is 12.1 Å². The molecule has 0 spiro atoms. The zero-order valence-electron chi connectivity index (χ0n) is 7.88. The third-order valence-electron chi connectivity index (χ3n) is 1.82. The van der Waals surface area contributed by atoms with Gasteiger partial charge in [0.25, 0.3) is 0 Å². The highest BCUT2D eigenvalue weighted by atomic mass is 31.1. The molecular formula is C10H12F3P. The van der Waals surface area contributed by atoms with Gasteiger partial charge in [-0.05, 0) is 11.5 Å². The van der Waals surface area contributed by atoms with Crippen LogP contribution in [0.25, 0.3) is 0 Å². The molecule has 0 aliphatic heterocycles. The van der Waals surface area contributed by atoms with E-state index < -0.39 is 13.8 Å².